The topological polar surface area (TPSA) is 128 Å². The molecule has 0 spiro atoms. The highest BCUT2D eigenvalue weighted by Crippen LogP contribution is 2.33. The van der Waals surface area contributed by atoms with Crippen molar-refractivity contribution >= 4 is 61.9 Å². The third-order valence-corrected chi connectivity index (χ3v) is 13.5. The number of amides is 1. The van der Waals surface area contributed by atoms with Gasteiger partial charge >= 0.3 is 0 Å². The number of halogens is 1. The number of allylic oxidation sites excluding steroid dienone is 1. The van der Waals surface area contributed by atoms with Crippen LogP contribution in [0.2, 0.25) is 5.02 Å². The summed E-state index contributed by atoms with van der Waals surface area (Å²) in [6.45, 7) is 5.17. The quantitative estimate of drug-likeness (QED) is 0.0642. The van der Waals surface area contributed by atoms with Gasteiger partial charge in [0.2, 0.25) is 0 Å². The van der Waals surface area contributed by atoms with E-state index in [9.17, 15) is 23.3 Å². The van der Waals surface area contributed by atoms with E-state index in [4.69, 9.17) is 11.6 Å². The van der Waals surface area contributed by atoms with E-state index in [1.165, 1.54) is 54.5 Å². The standard InChI is InChI=1S/C44H53ClN6O5S2/c1-48(2)25-24-37(32-57-39-11-7-5-8-12-39)46-42-23-22-40(30-43(42)51(53)54)58(55,56)47-44(52)34-16-20-38(21-17-34)50-28-26-49(27-29-50)31-35-10-6-3-4-9-13-41(35)33-14-18-36(45)19-15-33/h5,7-8,11-12,14-23,30,37,46H,3-4,6,9-10,13,24-29,31-32H2,1-2H3,(H,47,52)/b41-35-/t37-/m1/s1. The molecule has 0 radical (unpaired) electrons. The first-order valence-electron chi connectivity index (χ1n) is 19.9. The van der Waals surface area contributed by atoms with Gasteiger partial charge in [0.25, 0.3) is 21.6 Å². The molecule has 14 heteroatoms. The van der Waals surface area contributed by atoms with E-state index < -0.39 is 20.9 Å². The van der Waals surface area contributed by atoms with E-state index in [2.05, 4.69) is 32.0 Å². The summed E-state index contributed by atoms with van der Waals surface area (Å²) < 4.78 is 28.9. The van der Waals surface area contributed by atoms with E-state index in [0.29, 0.717) is 12.2 Å². The molecule has 1 saturated heterocycles. The zero-order valence-corrected chi connectivity index (χ0v) is 35.6. The number of sulfonamides is 1. The van der Waals surface area contributed by atoms with Crippen LogP contribution >= 0.6 is 23.4 Å². The second-order valence-electron chi connectivity index (χ2n) is 15.2. The summed E-state index contributed by atoms with van der Waals surface area (Å²) in [5.41, 5.74) is 5.22. The van der Waals surface area contributed by atoms with Crippen molar-refractivity contribution in [3.05, 3.63) is 129 Å². The van der Waals surface area contributed by atoms with Crippen LogP contribution < -0.4 is 14.9 Å². The molecule has 4 aromatic carbocycles. The molecule has 1 amide bonds. The highest BCUT2D eigenvalue weighted by atomic mass is 35.5. The summed E-state index contributed by atoms with van der Waals surface area (Å²) in [4.78, 5) is 32.4. The number of hydrogen-bond donors (Lipinski definition) is 2. The fraction of sp³-hybridized carbons (Fsp3) is 0.386. The van der Waals surface area contributed by atoms with Crippen LogP contribution in [0.3, 0.4) is 0 Å². The minimum Gasteiger partial charge on any atom is -0.376 e. The van der Waals surface area contributed by atoms with Gasteiger partial charge < -0.3 is 15.1 Å². The maximum Gasteiger partial charge on any atom is 0.293 e. The summed E-state index contributed by atoms with van der Waals surface area (Å²) >= 11 is 7.84. The highest BCUT2D eigenvalue weighted by molar-refractivity contribution is 7.99. The first-order valence-corrected chi connectivity index (χ1v) is 22.8. The van der Waals surface area contributed by atoms with Crippen molar-refractivity contribution in [2.75, 3.05) is 69.3 Å². The second kappa shape index (κ2) is 20.5. The molecule has 58 heavy (non-hydrogen) atoms. The number of carbonyl (C=O) groups excluding carboxylic acids is 1. The van der Waals surface area contributed by atoms with Crippen molar-refractivity contribution in [3.63, 3.8) is 0 Å². The van der Waals surface area contributed by atoms with Crippen molar-refractivity contribution in [3.8, 4) is 0 Å². The van der Waals surface area contributed by atoms with E-state index in [0.717, 1.165) is 73.8 Å². The minimum atomic E-state index is -4.42. The third kappa shape index (κ3) is 12.1. The fourth-order valence-electron chi connectivity index (χ4n) is 7.49. The number of benzene rings is 4. The predicted octanol–water partition coefficient (Wildman–Crippen LogP) is 8.82. The Morgan fingerprint density at radius 1 is 0.897 bits per heavy atom. The van der Waals surface area contributed by atoms with Gasteiger partial charge in [0.1, 0.15) is 5.69 Å². The molecular formula is C44H53ClN6O5S2. The van der Waals surface area contributed by atoms with Gasteiger partial charge in [-0.15, -0.1) is 11.8 Å². The molecule has 2 N–H and O–H groups in total. The Balaban J connectivity index is 1.06. The molecule has 6 rings (SSSR count). The maximum absolute atomic E-state index is 13.4. The zero-order chi connectivity index (χ0) is 41.1. The van der Waals surface area contributed by atoms with Crippen LogP contribution in [0.1, 0.15) is 60.9 Å². The molecule has 0 saturated carbocycles. The van der Waals surface area contributed by atoms with Gasteiger partial charge in [0, 0.05) is 71.8 Å². The Labute approximate surface area is 352 Å². The summed E-state index contributed by atoms with van der Waals surface area (Å²) in [5, 5.41) is 16.2. The number of rotatable bonds is 16. The lowest BCUT2D eigenvalue weighted by Crippen LogP contribution is -2.47. The van der Waals surface area contributed by atoms with Crippen LogP contribution in [-0.4, -0.2) is 94.2 Å². The highest BCUT2D eigenvalue weighted by Gasteiger charge is 2.26. The second-order valence-corrected chi connectivity index (χ2v) is 18.5. The summed E-state index contributed by atoms with van der Waals surface area (Å²) in [7, 11) is -0.495. The molecule has 1 fully saturated rings. The van der Waals surface area contributed by atoms with Crippen molar-refractivity contribution in [1.82, 2.24) is 14.5 Å². The predicted molar refractivity (Wildman–Crippen MR) is 237 cm³/mol. The van der Waals surface area contributed by atoms with Gasteiger partial charge in [-0.3, -0.25) is 19.8 Å². The van der Waals surface area contributed by atoms with Crippen molar-refractivity contribution in [1.29, 1.82) is 0 Å². The lowest BCUT2D eigenvalue weighted by Gasteiger charge is -2.37. The van der Waals surface area contributed by atoms with Gasteiger partial charge in [-0.05, 0) is 125 Å². The molecule has 11 nitrogen and oxygen atoms in total. The molecule has 1 heterocycles. The van der Waals surface area contributed by atoms with E-state index in [1.807, 2.05) is 73.6 Å². The number of piperazine rings is 1. The number of nitrogens with one attached hydrogen (secondary N) is 2. The fourth-order valence-corrected chi connectivity index (χ4v) is 9.60. The Kier molecular flexibility index (Phi) is 15.3. The smallest absolute Gasteiger partial charge is 0.293 e. The van der Waals surface area contributed by atoms with Crippen molar-refractivity contribution in [2.45, 2.75) is 60.8 Å². The average molecular weight is 846 g/mol. The van der Waals surface area contributed by atoms with Crippen molar-refractivity contribution in [2.24, 2.45) is 0 Å². The molecule has 0 aromatic heterocycles. The number of nitrogens with zero attached hydrogens (tertiary/aromatic N) is 4. The number of thioether (sulfide) groups is 1. The summed E-state index contributed by atoms with van der Waals surface area (Å²) in [5.74, 6) is -0.169. The Hall–Kier alpha value is -4.40. The lowest BCUT2D eigenvalue weighted by atomic mass is 9.88. The van der Waals surface area contributed by atoms with Crippen LogP contribution in [0, 0.1) is 10.1 Å². The van der Waals surface area contributed by atoms with Crippen LogP contribution in [-0.2, 0) is 10.0 Å². The average Bonchev–Trinajstić information content (AvgIpc) is 3.21. The lowest BCUT2D eigenvalue weighted by molar-refractivity contribution is -0.384. The van der Waals surface area contributed by atoms with Crippen LogP contribution in [0.4, 0.5) is 17.1 Å². The summed E-state index contributed by atoms with van der Waals surface area (Å²) in [6.07, 6.45) is 7.87. The van der Waals surface area contributed by atoms with Gasteiger partial charge in [0.05, 0.1) is 9.82 Å². The Bertz CT molecular complexity index is 2140. The molecular weight excluding hydrogens is 792 g/mol. The number of carbonyl (C=O) groups is 1. The molecule has 1 aliphatic heterocycles. The number of nitro benzene ring substituents is 1. The normalized spacial score (nSPS) is 17.3. The third-order valence-electron chi connectivity index (χ3n) is 10.7. The number of hydrogen-bond acceptors (Lipinski definition) is 10. The first kappa shape index (κ1) is 43.2. The number of nitro groups is 1. The molecule has 1 aliphatic carbocycles. The van der Waals surface area contributed by atoms with Gasteiger partial charge in [-0.25, -0.2) is 13.1 Å². The molecule has 0 unspecified atom stereocenters. The molecule has 2 aliphatic rings. The minimum absolute atomic E-state index is 0.136. The molecule has 308 valence electrons. The Morgan fingerprint density at radius 2 is 1.59 bits per heavy atom. The van der Waals surface area contributed by atoms with Crippen LogP contribution in [0.15, 0.2) is 112 Å². The Morgan fingerprint density at radius 3 is 2.26 bits per heavy atom. The maximum atomic E-state index is 13.4. The van der Waals surface area contributed by atoms with Gasteiger partial charge in [0.15, 0.2) is 0 Å². The first-order chi connectivity index (χ1) is 27.9. The van der Waals surface area contributed by atoms with Gasteiger partial charge in [-0.1, -0.05) is 60.3 Å². The van der Waals surface area contributed by atoms with E-state index >= 15 is 0 Å². The molecule has 1 atom stereocenters. The van der Waals surface area contributed by atoms with E-state index in [1.54, 1.807) is 23.9 Å². The zero-order valence-electron chi connectivity index (χ0n) is 33.2. The van der Waals surface area contributed by atoms with Crippen LogP contribution in [0.5, 0.6) is 0 Å². The monoisotopic (exact) mass is 844 g/mol. The largest absolute Gasteiger partial charge is 0.376 e. The van der Waals surface area contributed by atoms with Gasteiger partial charge in [-0.2, -0.15) is 0 Å². The SMILES string of the molecule is CN(C)CC[C@H](CSc1ccccc1)Nc1ccc(S(=O)(=O)NC(=O)c2ccc(N3CCN(C/C4=C(\c5ccc(Cl)cc5)CCCCCC4)CC3)cc2)cc1[N+](=O)[O-]. The van der Waals surface area contributed by atoms with Crippen molar-refractivity contribution < 1.29 is 18.1 Å². The molecule has 4 aromatic rings. The summed E-state index contributed by atoms with van der Waals surface area (Å²) in [6, 6.07) is 28.6. The van der Waals surface area contributed by atoms with Crippen LogP contribution in [0.25, 0.3) is 5.57 Å². The number of anilines is 2. The van der Waals surface area contributed by atoms with E-state index in [-0.39, 0.29) is 27.9 Å². The molecule has 0 bridgehead atoms.